The van der Waals surface area contributed by atoms with Gasteiger partial charge < -0.3 is 0 Å². The number of carbonyl (C=O) groups is 2. The van der Waals surface area contributed by atoms with Gasteiger partial charge in [0.25, 0.3) is 5.91 Å². The zero-order valence-corrected chi connectivity index (χ0v) is 15.6. The molecular weight excluding hydrogens is 340 g/mol. The van der Waals surface area contributed by atoms with Crippen LogP contribution < -0.4 is 5.06 Å². The molecule has 0 aromatic heterocycles. The highest BCUT2D eigenvalue weighted by Gasteiger charge is 2.59. The summed E-state index contributed by atoms with van der Waals surface area (Å²) in [7, 11) is 0. The summed E-state index contributed by atoms with van der Waals surface area (Å²) in [5.41, 5.74) is 1.83. The largest absolute Gasteiger partial charge is 0.275 e. The van der Waals surface area contributed by atoms with Crippen molar-refractivity contribution in [2.75, 3.05) is 5.06 Å². The van der Waals surface area contributed by atoms with Crippen molar-refractivity contribution in [3.05, 3.63) is 66.2 Å². The highest BCUT2D eigenvalue weighted by atomic mass is 16.7. The van der Waals surface area contributed by atoms with E-state index in [9.17, 15) is 9.59 Å². The topological polar surface area (TPSA) is 49.9 Å². The summed E-state index contributed by atoms with van der Waals surface area (Å²) in [6.45, 7) is 4.55. The number of carbonyl (C=O) groups excluding carboxylic acids is 2. The molecule has 0 bridgehead atoms. The van der Waals surface area contributed by atoms with Gasteiger partial charge in [0.15, 0.2) is 6.10 Å². The van der Waals surface area contributed by atoms with Gasteiger partial charge in [0, 0.05) is 0 Å². The molecule has 5 heteroatoms. The molecule has 2 fully saturated rings. The molecule has 0 unspecified atom stereocenters. The zero-order chi connectivity index (χ0) is 19.0. The lowest BCUT2D eigenvalue weighted by Crippen LogP contribution is -2.40. The maximum absolute atomic E-state index is 13.2. The van der Waals surface area contributed by atoms with Crippen LogP contribution in [0, 0.1) is 11.8 Å². The Bertz CT molecular complexity index is 822. The van der Waals surface area contributed by atoms with Gasteiger partial charge in [-0.25, -0.2) is 5.06 Å². The summed E-state index contributed by atoms with van der Waals surface area (Å²) < 4.78 is 0. The minimum absolute atomic E-state index is 0.127. The second-order valence-corrected chi connectivity index (χ2v) is 7.66. The number of benzene rings is 2. The minimum atomic E-state index is -0.731. The molecule has 0 N–H and O–H groups in total. The van der Waals surface area contributed by atoms with Gasteiger partial charge in [-0.2, -0.15) is 0 Å². The van der Waals surface area contributed by atoms with E-state index in [2.05, 4.69) is 13.8 Å². The van der Waals surface area contributed by atoms with Gasteiger partial charge in [0.1, 0.15) is 0 Å². The van der Waals surface area contributed by atoms with Crippen LogP contribution in [0.25, 0.3) is 0 Å². The summed E-state index contributed by atoms with van der Waals surface area (Å²) in [5, 5.41) is 1.78. The fourth-order valence-electron chi connectivity index (χ4n) is 4.02. The van der Waals surface area contributed by atoms with E-state index in [1.807, 2.05) is 60.7 Å². The number of hydrogen-bond acceptors (Lipinski definition) is 4. The zero-order valence-electron chi connectivity index (χ0n) is 15.6. The molecule has 0 radical (unpaired) electrons. The van der Waals surface area contributed by atoms with Crippen molar-refractivity contribution in [1.29, 1.82) is 0 Å². The van der Waals surface area contributed by atoms with Crippen LogP contribution in [-0.4, -0.2) is 28.9 Å². The standard InChI is InChI=1S/C22H24N2O3/c1-15(2)13-18-19-20(27-24(18)17-11-7-4-8-12-17)22(26)23(21(19)25)14-16-9-5-3-6-10-16/h3-12,15,18-20H,13-14H2,1-2H3/t18-,19-,20+/m1/s1. The molecule has 140 valence electrons. The lowest BCUT2D eigenvalue weighted by molar-refractivity contribution is -0.143. The molecule has 2 aromatic carbocycles. The van der Waals surface area contributed by atoms with Crippen molar-refractivity contribution in [3.8, 4) is 0 Å². The Morgan fingerprint density at radius 3 is 2.19 bits per heavy atom. The van der Waals surface area contributed by atoms with Gasteiger partial charge in [-0.15, -0.1) is 0 Å². The molecule has 5 nitrogen and oxygen atoms in total. The molecule has 2 amide bonds. The fourth-order valence-corrected chi connectivity index (χ4v) is 4.02. The van der Waals surface area contributed by atoms with Gasteiger partial charge >= 0.3 is 0 Å². The Labute approximate surface area is 159 Å². The number of anilines is 1. The summed E-state index contributed by atoms with van der Waals surface area (Å²) >= 11 is 0. The molecule has 2 aromatic rings. The van der Waals surface area contributed by atoms with Crippen molar-refractivity contribution < 1.29 is 14.4 Å². The quantitative estimate of drug-likeness (QED) is 0.763. The van der Waals surface area contributed by atoms with E-state index in [1.165, 1.54) is 4.90 Å². The van der Waals surface area contributed by atoms with E-state index in [1.54, 1.807) is 5.06 Å². The first-order valence-electron chi connectivity index (χ1n) is 9.46. The van der Waals surface area contributed by atoms with Crippen molar-refractivity contribution in [2.45, 2.75) is 39.0 Å². The summed E-state index contributed by atoms with van der Waals surface area (Å²) in [4.78, 5) is 33.6. The number of likely N-dealkylation sites (tertiary alicyclic amines) is 1. The van der Waals surface area contributed by atoms with E-state index in [0.29, 0.717) is 12.5 Å². The smallest absolute Gasteiger partial charge is 0.262 e. The summed E-state index contributed by atoms with van der Waals surface area (Å²) in [6.07, 6.45) is 0.0546. The fraction of sp³-hybridized carbons (Fsp3) is 0.364. The monoisotopic (exact) mass is 364 g/mol. The average Bonchev–Trinajstić information content (AvgIpc) is 3.15. The lowest BCUT2D eigenvalue weighted by atomic mass is 9.90. The van der Waals surface area contributed by atoms with E-state index in [4.69, 9.17) is 4.84 Å². The SMILES string of the molecule is CC(C)C[C@@H]1[C@H]2C(=O)N(Cc3ccccc3)C(=O)[C@H]2ON1c1ccccc1. The van der Waals surface area contributed by atoms with E-state index < -0.39 is 12.0 Å². The molecule has 2 aliphatic heterocycles. The molecule has 4 rings (SSSR count). The summed E-state index contributed by atoms with van der Waals surface area (Å²) in [5.74, 6) is -0.433. The Kier molecular flexibility index (Phi) is 4.70. The van der Waals surface area contributed by atoms with Crippen LogP contribution >= 0.6 is 0 Å². The number of hydrogen-bond donors (Lipinski definition) is 0. The van der Waals surface area contributed by atoms with Gasteiger partial charge in [0.05, 0.1) is 24.2 Å². The van der Waals surface area contributed by atoms with Gasteiger partial charge in [0.2, 0.25) is 5.91 Å². The molecule has 0 spiro atoms. The third kappa shape index (κ3) is 3.23. The minimum Gasteiger partial charge on any atom is -0.275 e. The molecule has 27 heavy (non-hydrogen) atoms. The van der Waals surface area contributed by atoms with Gasteiger partial charge in [-0.1, -0.05) is 62.4 Å². The van der Waals surface area contributed by atoms with Crippen LogP contribution in [0.5, 0.6) is 0 Å². The Morgan fingerprint density at radius 2 is 1.56 bits per heavy atom. The van der Waals surface area contributed by atoms with Crippen LogP contribution in [-0.2, 0) is 21.0 Å². The Morgan fingerprint density at radius 1 is 0.926 bits per heavy atom. The maximum atomic E-state index is 13.2. The second-order valence-electron chi connectivity index (χ2n) is 7.66. The highest BCUT2D eigenvalue weighted by Crippen LogP contribution is 2.41. The number of amides is 2. The first kappa shape index (κ1) is 17.7. The molecule has 2 aliphatic rings. The first-order chi connectivity index (χ1) is 13.1. The van der Waals surface area contributed by atoms with Crippen LogP contribution in [0.15, 0.2) is 60.7 Å². The highest BCUT2D eigenvalue weighted by molar-refractivity contribution is 6.07. The maximum Gasteiger partial charge on any atom is 0.262 e. The summed E-state index contributed by atoms with van der Waals surface area (Å²) in [6, 6.07) is 19.2. The van der Waals surface area contributed by atoms with E-state index in [-0.39, 0.29) is 17.9 Å². The van der Waals surface area contributed by atoms with Crippen molar-refractivity contribution in [1.82, 2.24) is 4.90 Å². The predicted molar refractivity (Wildman–Crippen MR) is 103 cm³/mol. The number of rotatable bonds is 5. The lowest BCUT2D eigenvalue weighted by Gasteiger charge is -2.29. The molecular formula is C22H24N2O3. The first-order valence-corrected chi connectivity index (χ1v) is 9.46. The van der Waals surface area contributed by atoms with Crippen LogP contribution in [0.1, 0.15) is 25.8 Å². The van der Waals surface area contributed by atoms with Crippen molar-refractivity contribution >= 4 is 17.5 Å². The number of hydroxylamine groups is 1. The molecule has 0 saturated carbocycles. The molecule has 2 heterocycles. The second kappa shape index (κ2) is 7.16. The molecule has 3 atom stereocenters. The van der Waals surface area contributed by atoms with Crippen LogP contribution in [0.4, 0.5) is 5.69 Å². The van der Waals surface area contributed by atoms with Gasteiger partial charge in [-0.05, 0) is 30.0 Å². The molecule has 2 saturated heterocycles. The van der Waals surface area contributed by atoms with Crippen molar-refractivity contribution in [2.24, 2.45) is 11.8 Å². The Balaban J connectivity index is 1.62. The Hall–Kier alpha value is -2.66. The number of para-hydroxylation sites is 1. The van der Waals surface area contributed by atoms with Crippen molar-refractivity contribution in [3.63, 3.8) is 0 Å². The number of fused-ring (bicyclic) bond motifs is 1. The average molecular weight is 364 g/mol. The van der Waals surface area contributed by atoms with Crippen LogP contribution in [0.3, 0.4) is 0 Å². The number of nitrogens with zero attached hydrogens (tertiary/aromatic N) is 2. The normalized spacial score (nSPS) is 24.8. The van der Waals surface area contributed by atoms with Crippen LogP contribution in [0.2, 0.25) is 0 Å². The van der Waals surface area contributed by atoms with Gasteiger partial charge in [-0.3, -0.25) is 19.3 Å². The predicted octanol–water partition coefficient (Wildman–Crippen LogP) is 3.41. The number of imide groups is 1. The third-order valence-corrected chi connectivity index (χ3v) is 5.24. The van der Waals surface area contributed by atoms with E-state index in [0.717, 1.165) is 17.7 Å². The molecule has 0 aliphatic carbocycles. The third-order valence-electron chi connectivity index (χ3n) is 5.24. The van der Waals surface area contributed by atoms with E-state index >= 15 is 0 Å².